The quantitative estimate of drug-likeness (QED) is 0.696. The van der Waals surface area contributed by atoms with Crippen LogP contribution in [0, 0.1) is 5.92 Å². The van der Waals surface area contributed by atoms with Crippen molar-refractivity contribution < 1.29 is 9.59 Å². The minimum Gasteiger partial charge on any atom is -0.353 e. The highest BCUT2D eigenvalue weighted by atomic mass is 35.5. The first kappa shape index (κ1) is 21.8. The number of carbonyl (C=O) groups is 2. The SMILES string of the molecule is CCC(CC)C(=O)N1CCC(NC(=O)Cc2csc(-c3ccccc3Cl)n2)CC1. The Hall–Kier alpha value is -1.92. The number of benzene rings is 1. The fraction of sp³-hybridized carbons (Fsp3) is 0.500. The normalized spacial score (nSPS) is 15.0. The average molecular weight is 434 g/mol. The van der Waals surface area contributed by atoms with E-state index in [1.165, 1.54) is 11.3 Å². The third kappa shape index (κ3) is 5.58. The highest BCUT2D eigenvalue weighted by Gasteiger charge is 2.27. The molecule has 0 aliphatic carbocycles. The summed E-state index contributed by atoms with van der Waals surface area (Å²) in [5.74, 6) is 0.359. The number of rotatable bonds is 7. The second-order valence-electron chi connectivity index (χ2n) is 7.48. The van der Waals surface area contributed by atoms with Crippen LogP contribution in [-0.4, -0.2) is 40.8 Å². The lowest BCUT2D eigenvalue weighted by Gasteiger charge is -2.34. The van der Waals surface area contributed by atoms with E-state index in [-0.39, 0.29) is 30.2 Å². The van der Waals surface area contributed by atoms with Gasteiger partial charge >= 0.3 is 0 Å². The van der Waals surface area contributed by atoms with Gasteiger partial charge in [0.1, 0.15) is 5.01 Å². The lowest BCUT2D eigenvalue weighted by Crippen LogP contribution is -2.48. The fourth-order valence-electron chi connectivity index (χ4n) is 3.73. The maximum Gasteiger partial charge on any atom is 0.226 e. The molecule has 7 heteroatoms. The molecule has 3 rings (SSSR count). The lowest BCUT2D eigenvalue weighted by atomic mass is 9.98. The van der Waals surface area contributed by atoms with E-state index in [1.54, 1.807) is 0 Å². The van der Waals surface area contributed by atoms with E-state index in [9.17, 15) is 9.59 Å². The van der Waals surface area contributed by atoms with E-state index >= 15 is 0 Å². The van der Waals surface area contributed by atoms with Crippen molar-refractivity contribution in [2.45, 2.75) is 52.0 Å². The lowest BCUT2D eigenvalue weighted by molar-refractivity contribution is -0.137. The minimum absolute atomic E-state index is 0.0224. The van der Waals surface area contributed by atoms with E-state index in [0.717, 1.165) is 41.9 Å². The molecule has 0 unspecified atom stereocenters. The van der Waals surface area contributed by atoms with Gasteiger partial charge in [0.05, 0.1) is 17.1 Å². The van der Waals surface area contributed by atoms with Gasteiger partial charge in [0.2, 0.25) is 11.8 Å². The molecule has 0 saturated carbocycles. The Bertz CT molecular complexity index is 842. The fourth-order valence-corrected chi connectivity index (χ4v) is 4.87. The van der Waals surface area contributed by atoms with Gasteiger partial charge in [-0.15, -0.1) is 11.3 Å². The van der Waals surface area contributed by atoms with Crippen LogP contribution in [0.5, 0.6) is 0 Å². The Morgan fingerprint density at radius 2 is 1.93 bits per heavy atom. The third-order valence-corrected chi connectivity index (χ3v) is 6.76. The molecule has 2 heterocycles. The number of thiazole rings is 1. The van der Waals surface area contributed by atoms with Gasteiger partial charge in [0, 0.05) is 36.0 Å². The van der Waals surface area contributed by atoms with Crippen molar-refractivity contribution in [3.63, 3.8) is 0 Å². The van der Waals surface area contributed by atoms with Gasteiger partial charge in [0.25, 0.3) is 0 Å². The summed E-state index contributed by atoms with van der Waals surface area (Å²) >= 11 is 7.73. The van der Waals surface area contributed by atoms with Gasteiger partial charge in [-0.1, -0.05) is 43.6 Å². The maximum absolute atomic E-state index is 12.5. The van der Waals surface area contributed by atoms with Gasteiger partial charge in [-0.25, -0.2) is 4.98 Å². The van der Waals surface area contributed by atoms with E-state index in [2.05, 4.69) is 24.1 Å². The van der Waals surface area contributed by atoms with Crippen LogP contribution in [0.3, 0.4) is 0 Å². The number of aromatic nitrogens is 1. The summed E-state index contributed by atoms with van der Waals surface area (Å²) in [6, 6.07) is 7.70. The van der Waals surface area contributed by atoms with Crippen LogP contribution in [0.1, 0.15) is 45.2 Å². The largest absolute Gasteiger partial charge is 0.353 e. The molecule has 1 saturated heterocycles. The maximum atomic E-state index is 12.5. The Morgan fingerprint density at radius 1 is 1.24 bits per heavy atom. The number of likely N-dealkylation sites (tertiary alicyclic amines) is 1. The summed E-state index contributed by atoms with van der Waals surface area (Å²) in [6.07, 6.45) is 3.64. The molecular formula is C22H28ClN3O2S. The second-order valence-corrected chi connectivity index (χ2v) is 8.75. The van der Waals surface area contributed by atoms with Crippen LogP contribution in [-0.2, 0) is 16.0 Å². The predicted molar refractivity (Wildman–Crippen MR) is 118 cm³/mol. The van der Waals surface area contributed by atoms with Crippen LogP contribution < -0.4 is 5.32 Å². The van der Waals surface area contributed by atoms with E-state index < -0.39 is 0 Å². The molecule has 156 valence electrons. The van der Waals surface area contributed by atoms with Gasteiger partial charge in [-0.2, -0.15) is 0 Å². The monoisotopic (exact) mass is 433 g/mol. The Labute approximate surface area is 181 Å². The molecule has 1 fully saturated rings. The van der Waals surface area contributed by atoms with Crippen molar-refractivity contribution in [2.24, 2.45) is 5.92 Å². The van der Waals surface area contributed by atoms with Crippen LogP contribution in [0.25, 0.3) is 10.6 Å². The van der Waals surface area contributed by atoms with Crippen molar-refractivity contribution in [3.8, 4) is 10.6 Å². The van der Waals surface area contributed by atoms with Gasteiger partial charge in [0.15, 0.2) is 0 Å². The molecule has 29 heavy (non-hydrogen) atoms. The molecule has 1 aromatic heterocycles. The first-order valence-corrected chi connectivity index (χ1v) is 11.5. The summed E-state index contributed by atoms with van der Waals surface area (Å²) in [6.45, 7) is 5.56. The summed E-state index contributed by atoms with van der Waals surface area (Å²) < 4.78 is 0. The van der Waals surface area contributed by atoms with Crippen molar-refractivity contribution >= 4 is 34.8 Å². The Kier molecular flexibility index (Phi) is 7.67. The van der Waals surface area contributed by atoms with E-state index in [1.807, 2.05) is 34.5 Å². The zero-order chi connectivity index (χ0) is 20.8. The van der Waals surface area contributed by atoms with Crippen LogP contribution in [0.4, 0.5) is 0 Å². The van der Waals surface area contributed by atoms with E-state index in [4.69, 9.17) is 11.6 Å². The number of hydrogen-bond acceptors (Lipinski definition) is 4. The van der Waals surface area contributed by atoms with Crippen LogP contribution in [0.15, 0.2) is 29.6 Å². The van der Waals surface area contributed by atoms with Crippen LogP contribution in [0.2, 0.25) is 5.02 Å². The molecule has 0 atom stereocenters. The number of nitrogens with one attached hydrogen (secondary N) is 1. The summed E-state index contributed by atoms with van der Waals surface area (Å²) in [4.78, 5) is 31.5. The van der Waals surface area contributed by atoms with Crippen molar-refractivity contribution in [3.05, 3.63) is 40.4 Å². The predicted octanol–water partition coefficient (Wildman–Crippen LogP) is 4.55. The number of amides is 2. The first-order chi connectivity index (χ1) is 14.0. The van der Waals surface area contributed by atoms with Crippen LogP contribution >= 0.6 is 22.9 Å². The first-order valence-electron chi connectivity index (χ1n) is 10.3. The molecule has 1 aromatic carbocycles. The number of hydrogen-bond donors (Lipinski definition) is 1. The van der Waals surface area contributed by atoms with Crippen molar-refractivity contribution in [2.75, 3.05) is 13.1 Å². The number of piperidine rings is 1. The molecule has 0 bridgehead atoms. The second kappa shape index (κ2) is 10.2. The van der Waals surface area contributed by atoms with Gasteiger partial charge in [-0.05, 0) is 31.7 Å². The average Bonchev–Trinajstić information content (AvgIpc) is 3.17. The number of nitrogens with zero attached hydrogens (tertiary/aromatic N) is 2. The smallest absolute Gasteiger partial charge is 0.226 e. The zero-order valence-corrected chi connectivity index (χ0v) is 18.6. The Balaban J connectivity index is 1.49. The van der Waals surface area contributed by atoms with Crippen molar-refractivity contribution in [1.29, 1.82) is 0 Å². The molecule has 1 aliphatic heterocycles. The highest BCUT2D eigenvalue weighted by Crippen LogP contribution is 2.30. The number of carbonyl (C=O) groups excluding carboxylic acids is 2. The molecule has 1 aliphatic rings. The highest BCUT2D eigenvalue weighted by molar-refractivity contribution is 7.13. The number of halogens is 1. The molecule has 0 spiro atoms. The molecule has 0 radical (unpaired) electrons. The molecule has 1 N–H and O–H groups in total. The zero-order valence-electron chi connectivity index (χ0n) is 17.0. The standard InChI is InChI=1S/C22H28ClN3O2S/c1-3-15(4-2)22(28)26-11-9-16(10-12-26)24-20(27)13-17-14-29-21(25-17)18-7-5-6-8-19(18)23/h5-8,14-16H,3-4,9-13H2,1-2H3,(H,24,27). The summed E-state index contributed by atoms with van der Waals surface area (Å²) in [7, 11) is 0. The molecular weight excluding hydrogens is 406 g/mol. The third-order valence-electron chi connectivity index (χ3n) is 5.50. The summed E-state index contributed by atoms with van der Waals surface area (Å²) in [5.41, 5.74) is 1.64. The summed E-state index contributed by atoms with van der Waals surface area (Å²) in [5, 5.41) is 6.50. The molecule has 5 nitrogen and oxygen atoms in total. The molecule has 2 aromatic rings. The molecule has 2 amide bonds. The topological polar surface area (TPSA) is 62.3 Å². The van der Waals surface area contributed by atoms with Gasteiger partial charge in [-0.3, -0.25) is 9.59 Å². The van der Waals surface area contributed by atoms with E-state index in [0.29, 0.717) is 18.1 Å². The Morgan fingerprint density at radius 3 is 2.59 bits per heavy atom. The minimum atomic E-state index is -0.0224. The van der Waals surface area contributed by atoms with Gasteiger partial charge < -0.3 is 10.2 Å². The van der Waals surface area contributed by atoms with Crippen molar-refractivity contribution in [1.82, 2.24) is 15.2 Å².